The van der Waals surface area contributed by atoms with Gasteiger partial charge in [-0.1, -0.05) is 15.9 Å². The molecule has 88 valence electrons. The lowest BCUT2D eigenvalue weighted by Gasteiger charge is -2.05. The first kappa shape index (κ1) is 11.7. The van der Waals surface area contributed by atoms with Crippen molar-refractivity contribution in [3.8, 4) is 0 Å². The third kappa shape index (κ3) is 2.65. The Morgan fingerprint density at radius 3 is 2.82 bits per heavy atom. The number of hydrogen-bond donors (Lipinski definition) is 3. The summed E-state index contributed by atoms with van der Waals surface area (Å²) in [5.41, 5.74) is 7.58. The Morgan fingerprint density at radius 1 is 1.47 bits per heavy atom. The Kier molecular flexibility index (Phi) is 3.14. The molecular weight excluding hydrogens is 284 g/mol. The van der Waals surface area contributed by atoms with E-state index in [1.807, 2.05) is 13.0 Å². The first-order chi connectivity index (χ1) is 8.06. The van der Waals surface area contributed by atoms with Crippen molar-refractivity contribution in [2.75, 3.05) is 11.1 Å². The number of aryl methyl sites for hydroxylation is 1. The molecule has 0 fully saturated rings. The maximum Gasteiger partial charge on any atom is 0.256 e. The van der Waals surface area contributed by atoms with E-state index in [1.54, 1.807) is 12.1 Å². The number of rotatable bonds is 2. The number of carbonyl (C=O) groups excluding carboxylic acids is 1. The number of hydrogen-bond acceptors (Lipinski definition) is 3. The average molecular weight is 295 g/mol. The molecule has 2 rings (SSSR count). The highest BCUT2D eigenvalue weighted by Crippen LogP contribution is 2.18. The third-order valence-electron chi connectivity index (χ3n) is 2.21. The number of nitrogens with one attached hydrogen (secondary N) is 2. The summed E-state index contributed by atoms with van der Waals surface area (Å²) in [5, 5.41) is 9.00. The summed E-state index contributed by atoms with van der Waals surface area (Å²) in [7, 11) is 0. The summed E-state index contributed by atoms with van der Waals surface area (Å²) >= 11 is 3.35. The quantitative estimate of drug-likeness (QED) is 0.795. The predicted octanol–water partition coefficient (Wildman–Crippen LogP) is 2.32. The molecule has 4 N–H and O–H groups in total. The van der Waals surface area contributed by atoms with Crippen LogP contribution in [0, 0.1) is 6.92 Å². The van der Waals surface area contributed by atoms with E-state index in [-0.39, 0.29) is 5.91 Å². The van der Waals surface area contributed by atoms with Crippen molar-refractivity contribution in [1.82, 2.24) is 10.2 Å². The number of amides is 1. The van der Waals surface area contributed by atoms with Gasteiger partial charge in [0.15, 0.2) is 5.82 Å². The maximum absolute atomic E-state index is 11.9. The molecule has 1 aromatic carbocycles. The van der Waals surface area contributed by atoms with Gasteiger partial charge >= 0.3 is 0 Å². The zero-order chi connectivity index (χ0) is 12.4. The van der Waals surface area contributed by atoms with Crippen molar-refractivity contribution < 1.29 is 4.79 Å². The highest BCUT2D eigenvalue weighted by molar-refractivity contribution is 9.10. The molecule has 0 unspecified atom stereocenters. The fourth-order valence-corrected chi connectivity index (χ4v) is 2.06. The van der Waals surface area contributed by atoms with Crippen LogP contribution in [-0.2, 0) is 0 Å². The number of aromatic amines is 1. The van der Waals surface area contributed by atoms with Gasteiger partial charge < -0.3 is 11.1 Å². The monoisotopic (exact) mass is 294 g/mol. The van der Waals surface area contributed by atoms with Gasteiger partial charge in [0, 0.05) is 10.0 Å². The largest absolute Gasteiger partial charge is 0.394 e. The predicted molar refractivity (Wildman–Crippen MR) is 69.8 cm³/mol. The first-order valence-electron chi connectivity index (χ1n) is 4.93. The normalized spacial score (nSPS) is 10.2. The number of halogens is 1. The van der Waals surface area contributed by atoms with Gasteiger partial charge in [-0.05, 0) is 30.7 Å². The molecule has 0 aliphatic carbocycles. The van der Waals surface area contributed by atoms with Crippen LogP contribution in [0.4, 0.5) is 11.5 Å². The summed E-state index contributed by atoms with van der Waals surface area (Å²) in [6, 6.07) is 5.48. The summed E-state index contributed by atoms with van der Waals surface area (Å²) < 4.78 is 0.861. The van der Waals surface area contributed by atoms with Crippen molar-refractivity contribution in [2.24, 2.45) is 0 Å². The number of benzene rings is 1. The van der Waals surface area contributed by atoms with Gasteiger partial charge in [-0.15, -0.1) is 0 Å². The smallest absolute Gasteiger partial charge is 0.256 e. The minimum atomic E-state index is -0.231. The van der Waals surface area contributed by atoms with E-state index in [9.17, 15) is 4.79 Å². The SMILES string of the molecule is Cc1cc(Br)cc(C(=O)Nc2[nH]ncc2N)c1. The Bertz CT molecular complexity index is 544. The van der Waals surface area contributed by atoms with Crippen molar-refractivity contribution >= 4 is 33.3 Å². The summed E-state index contributed by atoms with van der Waals surface area (Å²) in [6.07, 6.45) is 1.45. The Morgan fingerprint density at radius 2 is 2.24 bits per heavy atom. The molecule has 0 aliphatic heterocycles. The molecule has 0 radical (unpaired) electrons. The van der Waals surface area contributed by atoms with E-state index in [2.05, 4.69) is 31.4 Å². The standard InChI is InChI=1S/C11H11BrN4O/c1-6-2-7(4-8(12)3-6)11(17)15-10-9(13)5-14-16-10/h2-5H,13H2,1H3,(H2,14,15,16,17). The molecule has 0 atom stereocenters. The van der Waals surface area contributed by atoms with E-state index >= 15 is 0 Å². The zero-order valence-corrected chi connectivity index (χ0v) is 10.7. The molecule has 0 spiro atoms. The van der Waals surface area contributed by atoms with E-state index in [0.29, 0.717) is 17.1 Å². The van der Waals surface area contributed by atoms with E-state index < -0.39 is 0 Å². The lowest BCUT2D eigenvalue weighted by Crippen LogP contribution is -2.13. The van der Waals surface area contributed by atoms with Gasteiger partial charge in [-0.25, -0.2) is 0 Å². The number of nitrogens with zero attached hydrogens (tertiary/aromatic N) is 1. The van der Waals surface area contributed by atoms with Crippen LogP contribution in [0.25, 0.3) is 0 Å². The second kappa shape index (κ2) is 4.58. The minimum absolute atomic E-state index is 0.231. The topological polar surface area (TPSA) is 83.8 Å². The van der Waals surface area contributed by atoms with E-state index in [4.69, 9.17) is 5.73 Å². The summed E-state index contributed by atoms with van der Waals surface area (Å²) in [5.74, 6) is 0.179. The number of H-pyrrole nitrogens is 1. The highest BCUT2D eigenvalue weighted by Gasteiger charge is 2.10. The second-order valence-corrected chi connectivity index (χ2v) is 4.59. The van der Waals surface area contributed by atoms with Crippen LogP contribution in [0.5, 0.6) is 0 Å². The van der Waals surface area contributed by atoms with Crippen molar-refractivity contribution in [2.45, 2.75) is 6.92 Å². The van der Waals surface area contributed by atoms with Crippen LogP contribution in [0.3, 0.4) is 0 Å². The minimum Gasteiger partial charge on any atom is -0.394 e. The number of anilines is 2. The highest BCUT2D eigenvalue weighted by atomic mass is 79.9. The second-order valence-electron chi connectivity index (χ2n) is 3.67. The molecule has 5 nitrogen and oxygen atoms in total. The van der Waals surface area contributed by atoms with E-state index in [0.717, 1.165) is 10.0 Å². The van der Waals surface area contributed by atoms with E-state index in [1.165, 1.54) is 6.20 Å². The molecule has 1 amide bonds. The zero-order valence-electron chi connectivity index (χ0n) is 9.12. The van der Waals surface area contributed by atoms with Crippen LogP contribution in [0.2, 0.25) is 0 Å². The van der Waals surface area contributed by atoms with Gasteiger partial charge in [0.1, 0.15) is 0 Å². The maximum atomic E-state index is 11.9. The van der Waals surface area contributed by atoms with Crippen molar-refractivity contribution in [3.63, 3.8) is 0 Å². The molecule has 0 aliphatic rings. The lowest BCUT2D eigenvalue weighted by molar-refractivity contribution is 0.102. The lowest BCUT2D eigenvalue weighted by atomic mass is 10.1. The molecular formula is C11H11BrN4O. The molecule has 6 heteroatoms. The number of aromatic nitrogens is 2. The Balaban J connectivity index is 2.23. The van der Waals surface area contributed by atoms with Gasteiger partial charge in [-0.2, -0.15) is 5.10 Å². The Labute approximate surface area is 107 Å². The first-order valence-corrected chi connectivity index (χ1v) is 5.73. The molecule has 0 saturated carbocycles. The molecule has 17 heavy (non-hydrogen) atoms. The molecule has 1 aromatic heterocycles. The molecule has 0 bridgehead atoms. The van der Waals surface area contributed by atoms with Crippen molar-refractivity contribution in [3.05, 3.63) is 40.0 Å². The van der Waals surface area contributed by atoms with Gasteiger partial charge in [-0.3, -0.25) is 9.89 Å². The van der Waals surface area contributed by atoms with Gasteiger partial charge in [0.25, 0.3) is 5.91 Å². The Hall–Kier alpha value is -1.82. The van der Waals surface area contributed by atoms with Crippen LogP contribution < -0.4 is 11.1 Å². The summed E-state index contributed by atoms with van der Waals surface area (Å²) in [4.78, 5) is 11.9. The van der Waals surface area contributed by atoms with Gasteiger partial charge in [0.05, 0.1) is 11.9 Å². The van der Waals surface area contributed by atoms with Crippen LogP contribution in [-0.4, -0.2) is 16.1 Å². The third-order valence-corrected chi connectivity index (χ3v) is 2.67. The van der Waals surface area contributed by atoms with Crippen LogP contribution >= 0.6 is 15.9 Å². The van der Waals surface area contributed by atoms with Crippen LogP contribution in [0.15, 0.2) is 28.9 Å². The van der Waals surface area contributed by atoms with Crippen LogP contribution in [0.1, 0.15) is 15.9 Å². The van der Waals surface area contributed by atoms with Gasteiger partial charge in [0.2, 0.25) is 0 Å². The number of carbonyl (C=O) groups is 1. The molecule has 0 saturated heterocycles. The number of nitrogens with two attached hydrogens (primary N) is 1. The average Bonchev–Trinajstić information content (AvgIpc) is 2.63. The molecule has 1 heterocycles. The summed E-state index contributed by atoms with van der Waals surface area (Å²) in [6.45, 7) is 1.92. The molecule has 2 aromatic rings. The fourth-order valence-electron chi connectivity index (χ4n) is 1.45. The fraction of sp³-hybridized carbons (Fsp3) is 0.0909. The number of nitrogen functional groups attached to an aromatic ring is 1. The van der Waals surface area contributed by atoms with Crippen molar-refractivity contribution in [1.29, 1.82) is 0 Å².